The predicted molar refractivity (Wildman–Crippen MR) is 52.9 cm³/mol. The van der Waals surface area contributed by atoms with Crippen molar-refractivity contribution in [3.8, 4) is 10.8 Å². The van der Waals surface area contributed by atoms with Gasteiger partial charge in [-0.05, 0) is 35.4 Å². The summed E-state index contributed by atoms with van der Waals surface area (Å²) in [5, 5.41) is 22.9. The molecule has 0 aromatic rings. The van der Waals surface area contributed by atoms with E-state index in [1.807, 2.05) is 10.8 Å². The summed E-state index contributed by atoms with van der Waals surface area (Å²) in [4.78, 5) is 0.927. The first-order valence-electron chi connectivity index (χ1n) is 2.70. The minimum absolute atomic E-state index is 0.799. The molecule has 0 fully saturated rings. The lowest BCUT2D eigenvalue weighted by Gasteiger charge is -1.94. The number of nitrogens with zero attached hydrogens (tertiary/aromatic N) is 2. The van der Waals surface area contributed by atoms with E-state index in [9.17, 15) is 0 Å². The minimum Gasteiger partial charge on any atom is -0.185 e. The smallest absolute Gasteiger partial charge is 0.138 e. The van der Waals surface area contributed by atoms with Crippen LogP contribution in [0.1, 0.15) is 6.42 Å². The number of hydrogen-bond acceptors (Lipinski definition) is 4. The zero-order chi connectivity index (χ0) is 8.53. The molecule has 5 heteroatoms. The van der Waals surface area contributed by atoms with Crippen LogP contribution in [0.4, 0.5) is 0 Å². The van der Waals surface area contributed by atoms with E-state index in [1.165, 1.54) is 0 Å². The molecule has 0 aromatic carbocycles. The van der Waals surface area contributed by atoms with Crippen molar-refractivity contribution in [1.29, 1.82) is 10.5 Å². The van der Waals surface area contributed by atoms with Gasteiger partial charge in [0.1, 0.15) is 10.8 Å². The fraction of sp³-hybridized carbons (Fsp3) is 0.333. The zero-order valence-corrected chi connectivity index (χ0v) is 8.80. The number of hydrogen-bond donors (Lipinski definition) is 0. The summed E-state index contributed by atoms with van der Waals surface area (Å²) in [6, 6.07) is 0. The Bertz CT molecular complexity index is 214. The summed E-state index contributed by atoms with van der Waals surface area (Å²) in [7, 11) is 0. The summed E-state index contributed by atoms with van der Waals surface area (Å²) in [5.74, 6) is 0. The third-order valence-corrected chi connectivity index (χ3v) is 2.49. The highest BCUT2D eigenvalue weighted by Crippen LogP contribution is 2.21. The van der Waals surface area contributed by atoms with Crippen molar-refractivity contribution in [1.82, 2.24) is 0 Å². The lowest BCUT2D eigenvalue weighted by atomic mass is 10.5. The van der Waals surface area contributed by atoms with Gasteiger partial charge in [0.15, 0.2) is 0 Å². The van der Waals surface area contributed by atoms with Crippen molar-refractivity contribution in [2.24, 2.45) is 0 Å². The monoisotopic (exact) mass is 248 g/mol. The van der Waals surface area contributed by atoms with Crippen LogP contribution in [0.5, 0.6) is 0 Å². The molecule has 0 aliphatic rings. The molecule has 11 heavy (non-hydrogen) atoms. The van der Waals surface area contributed by atoms with Crippen LogP contribution in [0.15, 0.2) is 10.3 Å². The molecule has 0 unspecified atom stereocenters. The normalized spacial score (nSPS) is 10.3. The molecule has 0 rings (SSSR count). The summed E-state index contributed by atoms with van der Waals surface area (Å²) in [5.41, 5.74) is 0. The van der Waals surface area contributed by atoms with Gasteiger partial charge in [-0.2, -0.15) is 10.5 Å². The highest BCUT2D eigenvalue weighted by Gasteiger charge is 1.95. The maximum atomic E-state index is 8.33. The lowest BCUT2D eigenvalue weighted by Crippen LogP contribution is -1.75. The van der Waals surface area contributed by atoms with Crippen LogP contribution < -0.4 is 0 Å². The van der Waals surface area contributed by atoms with Crippen LogP contribution in [0, 0.1) is 21.3 Å². The SMILES string of the molecule is N#CS/C=C(\CCBr)SC#N. The van der Waals surface area contributed by atoms with Gasteiger partial charge in [-0.1, -0.05) is 15.9 Å². The first-order valence-corrected chi connectivity index (χ1v) is 5.52. The van der Waals surface area contributed by atoms with Crippen molar-refractivity contribution in [2.75, 3.05) is 5.33 Å². The fourth-order valence-corrected chi connectivity index (χ4v) is 2.03. The largest absolute Gasteiger partial charge is 0.185 e. The first-order chi connectivity index (χ1) is 5.35. The van der Waals surface area contributed by atoms with Gasteiger partial charge in [-0.3, -0.25) is 0 Å². The molecule has 0 bridgehead atoms. The lowest BCUT2D eigenvalue weighted by molar-refractivity contribution is 1.24. The molecule has 0 atom stereocenters. The van der Waals surface area contributed by atoms with Crippen LogP contribution in [0.25, 0.3) is 0 Å². The van der Waals surface area contributed by atoms with Crippen LogP contribution in [-0.2, 0) is 0 Å². The third-order valence-electron chi connectivity index (χ3n) is 0.761. The number of alkyl halides is 1. The van der Waals surface area contributed by atoms with E-state index in [0.29, 0.717) is 0 Å². The number of thioether (sulfide) groups is 2. The molecule has 0 radical (unpaired) electrons. The Labute approximate surface area is 82.8 Å². The molecule has 0 spiro atoms. The van der Waals surface area contributed by atoms with Crippen molar-refractivity contribution in [3.63, 3.8) is 0 Å². The summed E-state index contributed by atoms with van der Waals surface area (Å²) in [6.07, 6.45) is 0.799. The van der Waals surface area contributed by atoms with Crippen molar-refractivity contribution in [3.05, 3.63) is 10.3 Å². The molecule has 0 aromatic heterocycles. The second-order valence-electron chi connectivity index (χ2n) is 1.43. The van der Waals surface area contributed by atoms with E-state index in [-0.39, 0.29) is 0 Å². The maximum Gasteiger partial charge on any atom is 0.138 e. The van der Waals surface area contributed by atoms with Gasteiger partial charge in [-0.15, -0.1) is 0 Å². The summed E-state index contributed by atoms with van der Waals surface area (Å²) >= 11 is 5.41. The van der Waals surface area contributed by atoms with Crippen LogP contribution >= 0.6 is 39.5 Å². The number of halogens is 1. The summed E-state index contributed by atoms with van der Waals surface area (Å²) in [6.45, 7) is 0. The molecule has 58 valence electrons. The average Bonchev–Trinajstić information content (AvgIpc) is 2.01. The van der Waals surface area contributed by atoms with Crippen LogP contribution in [-0.4, -0.2) is 5.33 Å². The number of thiocyanates is 2. The van der Waals surface area contributed by atoms with Crippen molar-refractivity contribution in [2.45, 2.75) is 6.42 Å². The second-order valence-corrected chi connectivity index (χ2v) is 3.78. The number of nitriles is 2. The first kappa shape index (κ1) is 10.9. The molecule has 0 amide bonds. The number of rotatable bonds is 4. The fourth-order valence-electron chi connectivity index (χ4n) is 0.378. The predicted octanol–water partition coefficient (Wildman–Crippen LogP) is 3.04. The van der Waals surface area contributed by atoms with Crippen LogP contribution in [0.2, 0.25) is 0 Å². The van der Waals surface area contributed by atoms with Gasteiger partial charge < -0.3 is 0 Å². The Hall–Kier alpha value is -0.100. The van der Waals surface area contributed by atoms with E-state index < -0.39 is 0 Å². The highest BCUT2D eigenvalue weighted by atomic mass is 79.9. The van der Waals surface area contributed by atoms with Gasteiger partial charge in [0, 0.05) is 10.2 Å². The van der Waals surface area contributed by atoms with E-state index in [1.54, 1.807) is 5.41 Å². The quantitative estimate of drug-likeness (QED) is 0.567. The van der Waals surface area contributed by atoms with Crippen molar-refractivity contribution < 1.29 is 0 Å². The van der Waals surface area contributed by atoms with Gasteiger partial charge >= 0.3 is 0 Å². The van der Waals surface area contributed by atoms with E-state index >= 15 is 0 Å². The molecular weight excluding hydrogens is 244 g/mol. The van der Waals surface area contributed by atoms with Crippen molar-refractivity contribution >= 4 is 39.5 Å². The molecule has 0 aliphatic heterocycles. The molecule has 0 heterocycles. The van der Waals surface area contributed by atoms with Gasteiger partial charge in [0.2, 0.25) is 0 Å². The highest BCUT2D eigenvalue weighted by molar-refractivity contribution is 9.09. The maximum absolute atomic E-state index is 8.33. The van der Waals surface area contributed by atoms with Gasteiger partial charge in [0.25, 0.3) is 0 Å². The standard InChI is InChI=1S/C6H5BrN2S2/c7-2-1-6(11-5-9)3-10-4-8/h3H,1-2H2/b6-3+. The van der Waals surface area contributed by atoms with Gasteiger partial charge in [0.05, 0.1) is 0 Å². The third kappa shape index (κ3) is 6.30. The van der Waals surface area contributed by atoms with E-state index in [2.05, 4.69) is 15.9 Å². The van der Waals surface area contributed by atoms with E-state index in [4.69, 9.17) is 10.5 Å². The average molecular weight is 249 g/mol. The molecule has 0 saturated heterocycles. The Morgan fingerprint density at radius 1 is 1.45 bits per heavy atom. The molecule has 0 saturated carbocycles. The molecule has 0 N–H and O–H groups in total. The Balaban J connectivity index is 3.90. The van der Waals surface area contributed by atoms with E-state index in [0.717, 1.165) is 40.2 Å². The summed E-state index contributed by atoms with van der Waals surface area (Å²) < 4.78 is 0. The molecule has 0 aliphatic carbocycles. The minimum atomic E-state index is 0.799. The van der Waals surface area contributed by atoms with Gasteiger partial charge in [-0.25, -0.2) is 0 Å². The topological polar surface area (TPSA) is 47.6 Å². The Morgan fingerprint density at radius 3 is 2.64 bits per heavy atom. The zero-order valence-electron chi connectivity index (χ0n) is 5.58. The number of allylic oxidation sites excluding steroid dienone is 1. The molecule has 2 nitrogen and oxygen atoms in total. The second kappa shape index (κ2) is 8.00. The Morgan fingerprint density at radius 2 is 2.18 bits per heavy atom. The van der Waals surface area contributed by atoms with Crippen LogP contribution in [0.3, 0.4) is 0 Å². The Kier molecular flexibility index (Phi) is 7.93. The molecular formula is C6H5BrN2S2.